The zero-order valence-corrected chi connectivity index (χ0v) is 14.5. The molecule has 1 atom stereocenters. The van der Waals surface area contributed by atoms with E-state index in [1.165, 1.54) is 18.3 Å². The van der Waals surface area contributed by atoms with Crippen LogP contribution in [0.4, 0.5) is 8.78 Å². The second-order valence-corrected chi connectivity index (χ2v) is 6.76. The van der Waals surface area contributed by atoms with Crippen molar-refractivity contribution in [2.24, 2.45) is 0 Å². The van der Waals surface area contributed by atoms with E-state index in [9.17, 15) is 18.4 Å². The summed E-state index contributed by atoms with van der Waals surface area (Å²) in [6.07, 6.45) is -0.980. The zero-order valence-electron chi connectivity index (χ0n) is 13.6. The Kier molecular flexibility index (Phi) is 4.38. The molecule has 0 aliphatic rings. The van der Waals surface area contributed by atoms with E-state index in [1.54, 1.807) is 0 Å². The van der Waals surface area contributed by atoms with Gasteiger partial charge in [0.15, 0.2) is 11.9 Å². The van der Waals surface area contributed by atoms with Gasteiger partial charge in [0.1, 0.15) is 22.0 Å². The summed E-state index contributed by atoms with van der Waals surface area (Å²) in [7, 11) is 0. The number of esters is 1. The van der Waals surface area contributed by atoms with Gasteiger partial charge in [-0.2, -0.15) is 0 Å². The van der Waals surface area contributed by atoms with Crippen molar-refractivity contribution in [2.45, 2.75) is 26.9 Å². The number of fused-ring (bicyclic) bond motifs is 1. The van der Waals surface area contributed by atoms with Crippen LogP contribution in [0.15, 0.2) is 23.0 Å². The highest BCUT2D eigenvalue weighted by molar-refractivity contribution is 7.18. The number of halogens is 2. The van der Waals surface area contributed by atoms with Crippen LogP contribution in [-0.2, 0) is 4.74 Å². The first-order chi connectivity index (χ1) is 11.8. The molecule has 1 N–H and O–H groups in total. The minimum Gasteiger partial charge on any atom is -0.451 e. The van der Waals surface area contributed by atoms with E-state index in [0.717, 1.165) is 28.6 Å². The third-order valence-electron chi connectivity index (χ3n) is 3.89. The van der Waals surface area contributed by atoms with Gasteiger partial charge in [0.2, 0.25) is 0 Å². The molecule has 0 amide bonds. The molecular formula is C17H14F2N2O3S. The normalized spacial score (nSPS) is 12.4. The number of nitrogens with zero attached hydrogens (tertiary/aromatic N) is 1. The number of carbonyl (C=O) groups excluding carboxylic acids is 1. The zero-order chi connectivity index (χ0) is 18.3. The average Bonchev–Trinajstić information content (AvgIpc) is 2.82. The summed E-state index contributed by atoms with van der Waals surface area (Å²) >= 11 is 1.35. The number of thiophene rings is 1. The van der Waals surface area contributed by atoms with E-state index >= 15 is 0 Å². The molecule has 1 aromatic carbocycles. The van der Waals surface area contributed by atoms with Gasteiger partial charge in [-0.3, -0.25) is 4.79 Å². The molecule has 0 fully saturated rings. The molecule has 8 heteroatoms. The third-order valence-corrected chi connectivity index (χ3v) is 4.99. The van der Waals surface area contributed by atoms with Crippen LogP contribution in [0.1, 0.15) is 39.7 Å². The van der Waals surface area contributed by atoms with E-state index in [-0.39, 0.29) is 11.4 Å². The van der Waals surface area contributed by atoms with Crippen molar-refractivity contribution in [2.75, 3.05) is 0 Å². The Labute approximate surface area is 145 Å². The SMILES string of the molecule is Cc1sc2nc([C@@H](C)OC(=O)c3c(F)cccc3F)[nH]c(=O)c2c1C. The predicted molar refractivity (Wildman–Crippen MR) is 89.9 cm³/mol. The van der Waals surface area contributed by atoms with Crippen LogP contribution < -0.4 is 5.56 Å². The largest absolute Gasteiger partial charge is 0.451 e. The van der Waals surface area contributed by atoms with Gasteiger partial charge in [-0.25, -0.2) is 18.6 Å². The van der Waals surface area contributed by atoms with Gasteiger partial charge in [0, 0.05) is 4.88 Å². The summed E-state index contributed by atoms with van der Waals surface area (Å²) in [5.74, 6) is -3.08. The van der Waals surface area contributed by atoms with Gasteiger partial charge >= 0.3 is 5.97 Å². The molecule has 0 saturated carbocycles. The molecule has 2 heterocycles. The first-order valence-corrected chi connectivity index (χ1v) is 8.26. The molecule has 5 nitrogen and oxygen atoms in total. The summed E-state index contributed by atoms with van der Waals surface area (Å²) in [6.45, 7) is 5.18. The van der Waals surface area contributed by atoms with Crippen LogP contribution in [0.5, 0.6) is 0 Å². The van der Waals surface area contributed by atoms with Crippen molar-refractivity contribution in [1.82, 2.24) is 9.97 Å². The monoisotopic (exact) mass is 364 g/mol. The Morgan fingerprint density at radius 3 is 2.56 bits per heavy atom. The minimum atomic E-state index is -1.16. The molecule has 0 saturated heterocycles. The molecule has 0 aliphatic carbocycles. The summed E-state index contributed by atoms with van der Waals surface area (Å²) in [5.41, 5.74) is -0.277. The lowest BCUT2D eigenvalue weighted by molar-refractivity contribution is 0.0309. The molecule has 25 heavy (non-hydrogen) atoms. The molecule has 2 aromatic heterocycles. The fourth-order valence-electron chi connectivity index (χ4n) is 2.43. The quantitative estimate of drug-likeness (QED) is 0.718. The van der Waals surface area contributed by atoms with Crippen LogP contribution >= 0.6 is 11.3 Å². The van der Waals surface area contributed by atoms with E-state index < -0.39 is 29.3 Å². The number of rotatable bonds is 3. The van der Waals surface area contributed by atoms with Crippen LogP contribution in [-0.4, -0.2) is 15.9 Å². The maximum Gasteiger partial charge on any atom is 0.344 e. The van der Waals surface area contributed by atoms with Crippen molar-refractivity contribution < 1.29 is 18.3 Å². The molecule has 0 radical (unpaired) electrons. The first kappa shape index (κ1) is 17.2. The van der Waals surface area contributed by atoms with Gasteiger partial charge in [-0.1, -0.05) is 6.07 Å². The number of aromatic amines is 1. The molecule has 3 rings (SSSR count). The van der Waals surface area contributed by atoms with Crippen molar-refractivity contribution in [3.05, 3.63) is 62.0 Å². The predicted octanol–water partition coefficient (Wildman–Crippen LogP) is 3.80. The Morgan fingerprint density at radius 2 is 1.92 bits per heavy atom. The molecule has 0 bridgehead atoms. The second-order valence-electron chi connectivity index (χ2n) is 5.56. The lowest BCUT2D eigenvalue weighted by Crippen LogP contribution is -2.18. The number of carbonyl (C=O) groups is 1. The summed E-state index contributed by atoms with van der Waals surface area (Å²) in [6, 6.07) is 3.08. The van der Waals surface area contributed by atoms with Gasteiger partial charge in [-0.05, 0) is 38.5 Å². The number of benzene rings is 1. The second kappa shape index (κ2) is 6.36. The molecular weight excluding hydrogens is 350 g/mol. The molecule has 3 aromatic rings. The van der Waals surface area contributed by atoms with Gasteiger partial charge in [0.25, 0.3) is 5.56 Å². The van der Waals surface area contributed by atoms with Gasteiger partial charge < -0.3 is 9.72 Å². The molecule has 0 aliphatic heterocycles. The number of ether oxygens (including phenoxy) is 1. The first-order valence-electron chi connectivity index (χ1n) is 7.44. The van der Waals surface area contributed by atoms with Crippen molar-refractivity contribution in [3.8, 4) is 0 Å². The van der Waals surface area contributed by atoms with Crippen molar-refractivity contribution >= 4 is 27.5 Å². The smallest absolute Gasteiger partial charge is 0.344 e. The van der Waals surface area contributed by atoms with Gasteiger partial charge in [-0.15, -0.1) is 11.3 Å². The van der Waals surface area contributed by atoms with Gasteiger partial charge in [0.05, 0.1) is 5.39 Å². The Hall–Kier alpha value is -2.61. The topological polar surface area (TPSA) is 72.0 Å². The van der Waals surface area contributed by atoms with E-state index in [1.807, 2.05) is 13.8 Å². The number of nitrogens with one attached hydrogen (secondary N) is 1. The van der Waals surface area contributed by atoms with E-state index in [2.05, 4.69) is 9.97 Å². The average molecular weight is 364 g/mol. The Morgan fingerprint density at radius 1 is 1.28 bits per heavy atom. The van der Waals surface area contributed by atoms with E-state index in [4.69, 9.17) is 4.74 Å². The maximum absolute atomic E-state index is 13.7. The highest BCUT2D eigenvalue weighted by atomic mass is 32.1. The number of hydrogen-bond acceptors (Lipinski definition) is 5. The van der Waals surface area contributed by atoms with Crippen LogP contribution in [0, 0.1) is 25.5 Å². The van der Waals surface area contributed by atoms with E-state index in [0.29, 0.717) is 10.2 Å². The molecule has 0 unspecified atom stereocenters. The lowest BCUT2D eigenvalue weighted by atomic mass is 10.2. The van der Waals surface area contributed by atoms with Crippen LogP contribution in [0.25, 0.3) is 10.2 Å². The fourth-order valence-corrected chi connectivity index (χ4v) is 3.47. The third kappa shape index (κ3) is 3.05. The fraction of sp³-hybridized carbons (Fsp3) is 0.235. The number of aromatic nitrogens is 2. The maximum atomic E-state index is 13.7. The van der Waals surface area contributed by atoms with Crippen molar-refractivity contribution in [3.63, 3.8) is 0 Å². The molecule has 0 spiro atoms. The molecule has 130 valence electrons. The minimum absolute atomic E-state index is 0.115. The number of hydrogen-bond donors (Lipinski definition) is 1. The number of H-pyrrole nitrogens is 1. The Balaban J connectivity index is 1.94. The van der Waals surface area contributed by atoms with Crippen LogP contribution in [0.2, 0.25) is 0 Å². The standard InChI is InChI=1S/C17H14F2N2O3S/c1-7-9(3)25-16-12(7)15(22)20-14(21-16)8(2)24-17(23)13-10(18)5-4-6-11(13)19/h4-6,8H,1-3H3,(H,20,21,22)/t8-/m1/s1. The lowest BCUT2D eigenvalue weighted by Gasteiger charge is -2.13. The Bertz CT molecular complexity index is 1020. The highest BCUT2D eigenvalue weighted by Crippen LogP contribution is 2.27. The van der Waals surface area contributed by atoms with Crippen molar-refractivity contribution in [1.29, 1.82) is 0 Å². The number of aryl methyl sites for hydroxylation is 2. The summed E-state index contributed by atoms with van der Waals surface area (Å²) in [5, 5.41) is 0.491. The summed E-state index contributed by atoms with van der Waals surface area (Å²) in [4.78, 5) is 32.7. The highest BCUT2D eigenvalue weighted by Gasteiger charge is 2.23. The van der Waals surface area contributed by atoms with Crippen LogP contribution in [0.3, 0.4) is 0 Å². The summed E-state index contributed by atoms with van der Waals surface area (Å²) < 4.78 is 32.4.